The molecule has 1 aliphatic heterocycles. The highest BCUT2D eigenvalue weighted by Gasteiger charge is 2.30. The molecule has 3 rings (SSSR count). The second-order valence-electron chi connectivity index (χ2n) is 7.67. The van der Waals surface area contributed by atoms with Crippen molar-refractivity contribution in [2.45, 2.75) is 26.7 Å². The lowest BCUT2D eigenvalue weighted by atomic mass is 9.85. The average Bonchev–Trinajstić information content (AvgIpc) is 2.75. The minimum Gasteiger partial charge on any atom is -0.326 e. The summed E-state index contributed by atoms with van der Waals surface area (Å²) in [5.74, 6) is -0.0113. The van der Waals surface area contributed by atoms with Gasteiger partial charge in [0.05, 0.1) is 0 Å². The molecule has 0 saturated carbocycles. The zero-order valence-electron chi connectivity index (χ0n) is 17.2. The summed E-state index contributed by atoms with van der Waals surface area (Å²) in [6, 6.07) is 13.8. The number of nitrogens with zero attached hydrogens (tertiary/aromatic N) is 1. The Hall–Kier alpha value is -2.86. The number of anilines is 2. The number of hydrogen-bond acceptors (Lipinski definition) is 3. The van der Waals surface area contributed by atoms with Gasteiger partial charge in [-0.25, -0.2) is 4.79 Å². The summed E-state index contributed by atoms with van der Waals surface area (Å²) < 4.78 is 0. The van der Waals surface area contributed by atoms with Gasteiger partial charge in [0, 0.05) is 41.0 Å². The molecule has 0 radical (unpaired) electrons. The van der Waals surface area contributed by atoms with Crippen LogP contribution >= 0.6 is 11.6 Å². The molecule has 0 spiro atoms. The summed E-state index contributed by atoms with van der Waals surface area (Å²) in [4.78, 5) is 38.2. The van der Waals surface area contributed by atoms with Crippen LogP contribution < -0.4 is 10.6 Å². The largest absolute Gasteiger partial charge is 0.326 e. The average molecular weight is 428 g/mol. The molecule has 0 aromatic heterocycles. The number of hydrogen-bond donors (Lipinski definition) is 2. The van der Waals surface area contributed by atoms with Gasteiger partial charge in [-0.2, -0.15) is 0 Å². The van der Waals surface area contributed by atoms with Crippen molar-refractivity contribution < 1.29 is 14.4 Å². The quantitative estimate of drug-likeness (QED) is 0.654. The van der Waals surface area contributed by atoms with Gasteiger partial charge in [0.25, 0.3) is 0 Å². The first kappa shape index (κ1) is 21.8. The van der Waals surface area contributed by atoms with Crippen LogP contribution in [0.3, 0.4) is 0 Å². The van der Waals surface area contributed by atoms with Crippen LogP contribution in [0.2, 0.25) is 5.02 Å². The number of rotatable bonds is 5. The van der Waals surface area contributed by atoms with Gasteiger partial charge in [0.15, 0.2) is 5.78 Å². The summed E-state index contributed by atoms with van der Waals surface area (Å²) in [6.45, 7) is 4.65. The fourth-order valence-electron chi connectivity index (χ4n) is 3.60. The van der Waals surface area contributed by atoms with Crippen molar-refractivity contribution in [3.8, 4) is 0 Å². The number of carbonyl (C=O) groups is 3. The highest BCUT2D eigenvalue weighted by Crippen LogP contribution is 2.27. The van der Waals surface area contributed by atoms with Crippen LogP contribution in [0.5, 0.6) is 0 Å². The number of halogens is 1. The molecule has 1 saturated heterocycles. The number of Topliss-reactive ketones (excluding diaryl/α,β-unsaturated/α-hetero) is 1. The van der Waals surface area contributed by atoms with Crippen LogP contribution in [0.25, 0.3) is 0 Å². The van der Waals surface area contributed by atoms with E-state index >= 15 is 0 Å². The number of ketones is 1. The molecule has 1 heterocycles. The highest BCUT2D eigenvalue weighted by molar-refractivity contribution is 6.30. The van der Waals surface area contributed by atoms with E-state index in [1.165, 1.54) is 6.92 Å². The first-order chi connectivity index (χ1) is 14.3. The molecule has 2 aromatic rings. The second-order valence-corrected chi connectivity index (χ2v) is 8.11. The molecule has 3 amide bonds. The van der Waals surface area contributed by atoms with Crippen molar-refractivity contribution in [1.82, 2.24) is 4.90 Å². The first-order valence-corrected chi connectivity index (χ1v) is 10.4. The van der Waals surface area contributed by atoms with Crippen molar-refractivity contribution in [1.29, 1.82) is 0 Å². The van der Waals surface area contributed by atoms with Gasteiger partial charge in [-0.05, 0) is 74.2 Å². The van der Waals surface area contributed by atoms with Gasteiger partial charge in [0.2, 0.25) is 5.91 Å². The third-order valence-corrected chi connectivity index (χ3v) is 5.85. The van der Waals surface area contributed by atoms with Gasteiger partial charge >= 0.3 is 6.03 Å². The van der Waals surface area contributed by atoms with Crippen LogP contribution in [-0.2, 0) is 4.79 Å². The van der Waals surface area contributed by atoms with E-state index < -0.39 is 0 Å². The van der Waals surface area contributed by atoms with E-state index in [1.807, 2.05) is 6.92 Å². The standard InChI is InChI=1S/C23H26ClN3O3/c1-15(22(29)25-20-7-3-18(4-8-20)16(2)28)17-11-13-27(14-12-17)23(30)26-21-9-5-19(24)6-10-21/h3-10,15,17H,11-14H2,1-2H3,(H,25,29)(H,26,30)/t15-/m1/s1. The van der Waals surface area contributed by atoms with Crippen LogP contribution in [0.4, 0.5) is 16.2 Å². The zero-order chi connectivity index (χ0) is 21.7. The van der Waals surface area contributed by atoms with Crippen molar-refractivity contribution in [3.63, 3.8) is 0 Å². The molecule has 1 fully saturated rings. The lowest BCUT2D eigenvalue weighted by Gasteiger charge is -2.34. The van der Waals surface area contributed by atoms with E-state index in [1.54, 1.807) is 53.4 Å². The number of urea groups is 1. The van der Waals surface area contributed by atoms with Gasteiger partial charge in [-0.1, -0.05) is 18.5 Å². The van der Waals surface area contributed by atoms with E-state index in [0.717, 1.165) is 12.8 Å². The Morgan fingerprint density at radius 2 is 1.47 bits per heavy atom. The molecule has 6 nitrogen and oxygen atoms in total. The minimum absolute atomic E-state index is 0.00639. The first-order valence-electron chi connectivity index (χ1n) is 10.1. The fourth-order valence-corrected chi connectivity index (χ4v) is 3.72. The summed E-state index contributed by atoms with van der Waals surface area (Å²) >= 11 is 5.87. The van der Waals surface area contributed by atoms with Gasteiger partial charge in [-0.15, -0.1) is 0 Å². The summed E-state index contributed by atoms with van der Waals surface area (Å²) in [7, 11) is 0. The Labute approximate surface area is 181 Å². The van der Waals surface area contributed by atoms with Gasteiger partial charge < -0.3 is 15.5 Å². The third kappa shape index (κ3) is 5.60. The number of likely N-dealkylation sites (tertiary alicyclic amines) is 1. The van der Waals surface area contributed by atoms with E-state index in [4.69, 9.17) is 11.6 Å². The zero-order valence-corrected chi connectivity index (χ0v) is 17.9. The maximum absolute atomic E-state index is 12.6. The van der Waals surface area contributed by atoms with Crippen molar-refractivity contribution in [2.75, 3.05) is 23.7 Å². The topological polar surface area (TPSA) is 78.5 Å². The molecule has 158 valence electrons. The Bertz CT molecular complexity index is 904. The predicted molar refractivity (Wildman–Crippen MR) is 119 cm³/mol. The predicted octanol–water partition coefficient (Wildman–Crippen LogP) is 5.06. The summed E-state index contributed by atoms with van der Waals surface area (Å²) in [5, 5.41) is 6.42. The van der Waals surface area contributed by atoms with Crippen molar-refractivity contribution in [2.24, 2.45) is 11.8 Å². The monoisotopic (exact) mass is 427 g/mol. The molecule has 7 heteroatoms. The molecule has 2 N–H and O–H groups in total. The highest BCUT2D eigenvalue weighted by atomic mass is 35.5. The molecular formula is C23H26ClN3O3. The van der Waals surface area contributed by atoms with Crippen LogP contribution in [0.15, 0.2) is 48.5 Å². The normalized spacial score (nSPS) is 15.4. The van der Waals surface area contributed by atoms with Crippen molar-refractivity contribution in [3.05, 3.63) is 59.1 Å². The number of carbonyl (C=O) groups excluding carboxylic acids is 3. The Morgan fingerprint density at radius 3 is 2.03 bits per heavy atom. The maximum atomic E-state index is 12.6. The maximum Gasteiger partial charge on any atom is 0.321 e. The SMILES string of the molecule is CC(=O)c1ccc(NC(=O)[C@H](C)C2CCN(C(=O)Nc3ccc(Cl)cc3)CC2)cc1. The molecular weight excluding hydrogens is 402 g/mol. The number of piperidine rings is 1. The number of benzene rings is 2. The minimum atomic E-state index is -0.168. The van der Waals surface area contributed by atoms with E-state index in [-0.39, 0.29) is 29.6 Å². The molecule has 0 bridgehead atoms. The molecule has 0 aliphatic carbocycles. The van der Waals surface area contributed by atoms with Gasteiger partial charge in [-0.3, -0.25) is 9.59 Å². The van der Waals surface area contributed by atoms with E-state index in [0.29, 0.717) is 35.1 Å². The number of nitrogens with one attached hydrogen (secondary N) is 2. The lowest BCUT2D eigenvalue weighted by Crippen LogP contribution is -2.43. The van der Waals surface area contributed by atoms with Crippen molar-refractivity contribution >= 4 is 40.7 Å². The Kier molecular flexibility index (Phi) is 7.11. The molecule has 2 aromatic carbocycles. The second kappa shape index (κ2) is 9.76. The molecule has 1 aliphatic rings. The van der Waals surface area contributed by atoms with E-state index in [9.17, 15) is 14.4 Å². The lowest BCUT2D eigenvalue weighted by molar-refractivity contribution is -0.121. The smallest absolute Gasteiger partial charge is 0.321 e. The number of amides is 3. The Balaban J connectivity index is 1.48. The molecule has 1 atom stereocenters. The fraction of sp³-hybridized carbons (Fsp3) is 0.348. The summed E-state index contributed by atoms with van der Waals surface area (Å²) in [6.07, 6.45) is 1.54. The molecule has 30 heavy (non-hydrogen) atoms. The summed E-state index contributed by atoms with van der Waals surface area (Å²) in [5.41, 5.74) is 2.00. The van der Waals surface area contributed by atoms with Crippen LogP contribution in [0, 0.1) is 11.8 Å². The van der Waals surface area contributed by atoms with Crippen LogP contribution in [-0.4, -0.2) is 35.7 Å². The molecule has 0 unspecified atom stereocenters. The van der Waals surface area contributed by atoms with E-state index in [2.05, 4.69) is 10.6 Å². The van der Waals surface area contributed by atoms with Gasteiger partial charge in [0.1, 0.15) is 0 Å². The third-order valence-electron chi connectivity index (χ3n) is 5.60. The Morgan fingerprint density at radius 1 is 0.933 bits per heavy atom. The van der Waals surface area contributed by atoms with Crippen LogP contribution in [0.1, 0.15) is 37.0 Å².